The highest BCUT2D eigenvalue weighted by Gasteiger charge is 2.12. The lowest BCUT2D eigenvalue weighted by Crippen LogP contribution is -1.85. The Morgan fingerprint density at radius 1 is 1.43 bits per heavy atom. The molecule has 0 amide bonds. The molecule has 0 aromatic carbocycles. The van der Waals surface area contributed by atoms with E-state index in [1.807, 2.05) is 31.2 Å². The number of aromatic nitrogens is 3. The van der Waals surface area contributed by atoms with Crippen LogP contribution in [-0.4, -0.2) is 15.2 Å². The average molecular weight is 184 g/mol. The Hall–Kier alpha value is -2.15. The van der Waals surface area contributed by atoms with Gasteiger partial charge >= 0.3 is 0 Å². The molecule has 4 heteroatoms. The van der Waals surface area contributed by atoms with Gasteiger partial charge in [-0.1, -0.05) is 6.07 Å². The van der Waals surface area contributed by atoms with Crippen molar-refractivity contribution < 1.29 is 0 Å². The van der Waals surface area contributed by atoms with Crippen LogP contribution in [0.25, 0.3) is 11.3 Å². The van der Waals surface area contributed by atoms with E-state index >= 15 is 0 Å². The molecule has 2 rings (SSSR count). The summed E-state index contributed by atoms with van der Waals surface area (Å²) in [6.45, 7) is 1.87. The van der Waals surface area contributed by atoms with Crippen molar-refractivity contribution >= 4 is 0 Å². The van der Waals surface area contributed by atoms with Gasteiger partial charge in [0.2, 0.25) is 0 Å². The fourth-order valence-corrected chi connectivity index (χ4v) is 1.33. The summed E-state index contributed by atoms with van der Waals surface area (Å²) < 4.78 is 0. The van der Waals surface area contributed by atoms with Crippen LogP contribution in [0.5, 0.6) is 0 Å². The van der Waals surface area contributed by atoms with Crippen LogP contribution in [0.4, 0.5) is 0 Å². The molecule has 2 aromatic heterocycles. The summed E-state index contributed by atoms with van der Waals surface area (Å²) in [5, 5.41) is 15.5. The Morgan fingerprint density at radius 3 is 2.93 bits per heavy atom. The molecule has 0 aliphatic carbocycles. The Bertz CT molecular complexity index is 479. The first-order valence-corrected chi connectivity index (χ1v) is 4.19. The number of nitrogens with zero attached hydrogens (tertiary/aromatic N) is 3. The molecule has 0 bridgehead atoms. The maximum Gasteiger partial charge on any atom is 0.171 e. The summed E-state index contributed by atoms with van der Waals surface area (Å²) in [6, 6.07) is 7.62. The van der Waals surface area contributed by atoms with Crippen molar-refractivity contribution in [1.29, 1.82) is 5.26 Å². The Kier molecular flexibility index (Phi) is 1.99. The zero-order chi connectivity index (χ0) is 9.97. The van der Waals surface area contributed by atoms with Crippen LogP contribution >= 0.6 is 0 Å². The minimum atomic E-state index is 0.390. The maximum atomic E-state index is 8.83. The Labute approximate surface area is 81.2 Å². The summed E-state index contributed by atoms with van der Waals surface area (Å²) >= 11 is 0. The number of nitrogens with one attached hydrogen (secondary N) is 1. The van der Waals surface area contributed by atoms with E-state index in [9.17, 15) is 0 Å². The van der Waals surface area contributed by atoms with E-state index in [0.29, 0.717) is 5.69 Å². The summed E-state index contributed by atoms with van der Waals surface area (Å²) in [5.74, 6) is 0. The van der Waals surface area contributed by atoms with Crippen molar-refractivity contribution in [2.45, 2.75) is 6.92 Å². The van der Waals surface area contributed by atoms with Gasteiger partial charge in [0, 0.05) is 11.9 Å². The van der Waals surface area contributed by atoms with Gasteiger partial charge in [-0.05, 0) is 19.1 Å². The molecular formula is C10H8N4. The van der Waals surface area contributed by atoms with E-state index < -0.39 is 0 Å². The molecule has 4 nitrogen and oxygen atoms in total. The van der Waals surface area contributed by atoms with Gasteiger partial charge in [-0.2, -0.15) is 10.4 Å². The second-order valence-electron chi connectivity index (χ2n) is 2.90. The number of nitriles is 1. The highest BCUT2D eigenvalue weighted by Crippen LogP contribution is 2.22. The number of pyridine rings is 1. The Balaban J connectivity index is 2.63. The van der Waals surface area contributed by atoms with E-state index in [2.05, 4.69) is 15.2 Å². The second kappa shape index (κ2) is 3.30. The van der Waals surface area contributed by atoms with Crippen LogP contribution in [0.3, 0.4) is 0 Å². The summed E-state index contributed by atoms with van der Waals surface area (Å²) in [6.07, 6.45) is 1.70. The molecule has 2 heterocycles. The van der Waals surface area contributed by atoms with Gasteiger partial charge in [-0.15, -0.1) is 0 Å². The van der Waals surface area contributed by atoms with Crippen LogP contribution in [0, 0.1) is 18.3 Å². The maximum absolute atomic E-state index is 8.83. The molecule has 0 aliphatic rings. The lowest BCUT2D eigenvalue weighted by atomic mass is 10.1. The predicted octanol–water partition coefficient (Wildman–Crippen LogP) is 1.65. The summed E-state index contributed by atoms with van der Waals surface area (Å²) in [7, 11) is 0. The summed E-state index contributed by atoms with van der Waals surface area (Å²) in [4.78, 5) is 4.18. The number of hydrogen-bond acceptors (Lipinski definition) is 3. The molecule has 2 aromatic rings. The van der Waals surface area contributed by atoms with Crippen LogP contribution in [-0.2, 0) is 0 Å². The molecule has 0 saturated carbocycles. The monoisotopic (exact) mass is 184 g/mol. The highest BCUT2D eigenvalue weighted by molar-refractivity contribution is 5.67. The van der Waals surface area contributed by atoms with E-state index in [1.54, 1.807) is 6.20 Å². The highest BCUT2D eigenvalue weighted by atomic mass is 15.1. The van der Waals surface area contributed by atoms with E-state index in [0.717, 1.165) is 17.0 Å². The Morgan fingerprint density at radius 2 is 2.29 bits per heavy atom. The largest absolute Gasteiger partial charge is 0.281 e. The first-order chi connectivity index (χ1) is 6.83. The van der Waals surface area contributed by atoms with Gasteiger partial charge in [-0.3, -0.25) is 10.1 Å². The molecule has 0 spiro atoms. The molecule has 68 valence electrons. The quantitative estimate of drug-likeness (QED) is 0.732. The molecule has 14 heavy (non-hydrogen) atoms. The molecule has 0 aliphatic heterocycles. The zero-order valence-electron chi connectivity index (χ0n) is 7.65. The van der Waals surface area contributed by atoms with Crippen LogP contribution in [0.15, 0.2) is 24.4 Å². The third kappa shape index (κ3) is 1.25. The van der Waals surface area contributed by atoms with E-state index in [1.165, 1.54) is 0 Å². The lowest BCUT2D eigenvalue weighted by molar-refractivity contribution is 1.03. The van der Waals surface area contributed by atoms with Crippen molar-refractivity contribution in [3.05, 3.63) is 35.8 Å². The minimum Gasteiger partial charge on any atom is -0.281 e. The predicted molar refractivity (Wildman–Crippen MR) is 51.3 cm³/mol. The van der Waals surface area contributed by atoms with Crippen molar-refractivity contribution in [2.75, 3.05) is 0 Å². The fourth-order valence-electron chi connectivity index (χ4n) is 1.33. The van der Waals surface area contributed by atoms with Crippen molar-refractivity contribution in [3.8, 4) is 17.3 Å². The van der Waals surface area contributed by atoms with Crippen molar-refractivity contribution in [2.24, 2.45) is 0 Å². The third-order valence-corrected chi connectivity index (χ3v) is 1.97. The number of hydrogen-bond donors (Lipinski definition) is 1. The first-order valence-electron chi connectivity index (χ1n) is 4.19. The molecule has 0 unspecified atom stereocenters. The normalized spacial score (nSPS) is 9.71. The van der Waals surface area contributed by atoms with Crippen LogP contribution < -0.4 is 0 Å². The average Bonchev–Trinajstić information content (AvgIpc) is 2.61. The van der Waals surface area contributed by atoms with Crippen molar-refractivity contribution in [3.63, 3.8) is 0 Å². The fraction of sp³-hybridized carbons (Fsp3) is 0.100. The number of aromatic amines is 1. The molecule has 0 saturated heterocycles. The number of aryl methyl sites for hydroxylation is 1. The lowest BCUT2D eigenvalue weighted by Gasteiger charge is -1.97. The van der Waals surface area contributed by atoms with Gasteiger partial charge in [0.25, 0.3) is 0 Å². The van der Waals surface area contributed by atoms with E-state index in [4.69, 9.17) is 5.26 Å². The van der Waals surface area contributed by atoms with Crippen molar-refractivity contribution in [1.82, 2.24) is 15.2 Å². The van der Waals surface area contributed by atoms with Gasteiger partial charge in [0.1, 0.15) is 6.07 Å². The number of H-pyrrole nitrogens is 1. The SMILES string of the molecule is Cc1[nH]nc(C#N)c1-c1ccccn1. The molecule has 0 fully saturated rings. The van der Waals surface area contributed by atoms with Gasteiger partial charge in [-0.25, -0.2) is 0 Å². The molecule has 0 atom stereocenters. The van der Waals surface area contributed by atoms with Gasteiger partial charge in [0.05, 0.1) is 11.3 Å². The van der Waals surface area contributed by atoms with Gasteiger partial charge < -0.3 is 0 Å². The summed E-state index contributed by atoms with van der Waals surface area (Å²) in [5.41, 5.74) is 2.81. The minimum absolute atomic E-state index is 0.390. The standard InChI is InChI=1S/C10H8N4/c1-7-10(9(6-11)14-13-7)8-4-2-3-5-12-8/h2-5H,1H3,(H,13,14). The third-order valence-electron chi connectivity index (χ3n) is 1.97. The molecule has 0 radical (unpaired) electrons. The molecular weight excluding hydrogens is 176 g/mol. The smallest absolute Gasteiger partial charge is 0.171 e. The topological polar surface area (TPSA) is 65.4 Å². The van der Waals surface area contributed by atoms with E-state index in [-0.39, 0.29) is 0 Å². The second-order valence-corrected chi connectivity index (χ2v) is 2.90. The van der Waals surface area contributed by atoms with Gasteiger partial charge in [0.15, 0.2) is 5.69 Å². The first kappa shape index (κ1) is 8.45. The number of rotatable bonds is 1. The van der Waals surface area contributed by atoms with Crippen LogP contribution in [0.2, 0.25) is 0 Å². The molecule has 1 N–H and O–H groups in total. The van der Waals surface area contributed by atoms with Crippen LogP contribution in [0.1, 0.15) is 11.4 Å². The zero-order valence-corrected chi connectivity index (χ0v) is 7.65.